The van der Waals surface area contributed by atoms with Crippen molar-refractivity contribution in [1.82, 2.24) is 20.7 Å². The number of carbonyl (C=O) groups is 2. The number of ether oxygens (including phenoxy) is 3. The molecule has 218 valence electrons. The van der Waals surface area contributed by atoms with Gasteiger partial charge in [0.05, 0.1) is 24.2 Å². The fourth-order valence-corrected chi connectivity index (χ4v) is 4.18. The summed E-state index contributed by atoms with van der Waals surface area (Å²) in [6.45, 7) is 2.55. The number of aromatic nitrogens is 2. The molecular formula is C30H29Cl2N5O5. The van der Waals surface area contributed by atoms with Gasteiger partial charge < -0.3 is 24.5 Å². The van der Waals surface area contributed by atoms with Crippen molar-refractivity contribution in [1.29, 1.82) is 0 Å². The number of hydrogen-bond acceptors (Lipinski definition) is 7. The third-order valence-electron chi connectivity index (χ3n) is 5.82. The van der Waals surface area contributed by atoms with E-state index in [0.29, 0.717) is 39.4 Å². The van der Waals surface area contributed by atoms with Gasteiger partial charge in [-0.25, -0.2) is 15.2 Å². The van der Waals surface area contributed by atoms with Crippen molar-refractivity contribution in [3.8, 4) is 11.5 Å². The van der Waals surface area contributed by atoms with Crippen LogP contribution in [0.1, 0.15) is 29.3 Å². The normalized spacial score (nSPS) is 11.6. The minimum atomic E-state index is -0.989. The van der Waals surface area contributed by atoms with E-state index in [0.717, 1.165) is 11.1 Å². The van der Waals surface area contributed by atoms with Gasteiger partial charge in [0, 0.05) is 23.3 Å². The number of nitrogens with zero attached hydrogens (tertiary/aromatic N) is 2. The molecule has 0 aliphatic heterocycles. The maximum atomic E-state index is 13.0. The molecule has 1 heterocycles. The molecule has 0 unspecified atom stereocenters. The van der Waals surface area contributed by atoms with Crippen molar-refractivity contribution in [3.63, 3.8) is 0 Å². The lowest BCUT2D eigenvalue weighted by Crippen LogP contribution is -2.47. The molecule has 0 aliphatic carbocycles. The molecule has 0 saturated heterocycles. The third kappa shape index (κ3) is 9.25. The first kappa shape index (κ1) is 30.4. The highest BCUT2D eigenvalue weighted by atomic mass is 35.5. The first-order chi connectivity index (χ1) is 20.4. The Hall–Kier alpha value is -4.54. The fraction of sp³-hybridized carbons (Fsp3) is 0.200. The van der Waals surface area contributed by atoms with Gasteiger partial charge in [-0.2, -0.15) is 5.10 Å². The molecule has 2 amide bonds. The average Bonchev–Trinajstić information content (AvgIpc) is 3.50. The van der Waals surface area contributed by atoms with Gasteiger partial charge in [-0.1, -0.05) is 65.7 Å². The zero-order chi connectivity index (χ0) is 29.7. The van der Waals surface area contributed by atoms with Gasteiger partial charge in [0.2, 0.25) is 0 Å². The second-order valence-corrected chi connectivity index (χ2v) is 9.80. The molecule has 0 aliphatic rings. The predicted octanol–water partition coefficient (Wildman–Crippen LogP) is 5.68. The Morgan fingerprint density at radius 1 is 1.02 bits per heavy atom. The number of nitrogens with one attached hydrogen (secondary N) is 3. The number of imidazole rings is 1. The standard InChI is InChI=1S/C30H29Cl2N5O5/c1-2-40-27-13-22(12-25(32)28(27)41-17-21-8-10-23(31)11-9-21)15-35-37-29(38)26(14-24-16-33-19-34-24)36-30(39)42-18-20-6-4-3-5-7-20/h3-13,15-16,19,26H,2,14,17-18H2,1H3,(H,33,34)(H,36,39)(H,37,38)/b35-15-/t26-/m0/s1. The maximum Gasteiger partial charge on any atom is 0.408 e. The molecule has 4 aromatic rings. The minimum Gasteiger partial charge on any atom is -0.490 e. The molecule has 0 saturated carbocycles. The lowest BCUT2D eigenvalue weighted by molar-refractivity contribution is -0.123. The highest BCUT2D eigenvalue weighted by Gasteiger charge is 2.22. The number of H-pyrrole nitrogens is 1. The van der Waals surface area contributed by atoms with Gasteiger partial charge in [0.1, 0.15) is 19.3 Å². The molecule has 0 spiro atoms. The van der Waals surface area contributed by atoms with E-state index in [1.165, 1.54) is 12.5 Å². The molecule has 42 heavy (non-hydrogen) atoms. The van der Waals surface area contributed by atoms with E-state index < -0.39 is 18.0 Å². The molecule has 3 N–H and O–H groups in total. The van der Waals surface area contributed by atoms with Gasteiger partial charge in [0.25, 0.3) is 5.91 Å². The van der Waals surface area contributed by atoms with Crippen LogP contribution < -0.4 is 20.2 Å². The summed E-state index contributed by atoms with van der Waals surface area (Å²) in [5.74, 6) is 0.246. The highest BCUT2D eigenvalue weighted by molar-refractivity contribution is 6.32. The van der Waals surface area contributed by atoms with E-state index >= 15 is 0 Å². The van der Waals surface area contributed by atoms with E-state index in [9.17, 15) is 9.59 Å². The average molecular weight is 610 g/mol. The molecule has 0 fully saturated rings. The second-order valence-electron chi connectivity index (χ2n) is 8.95. The Labute approximate surface area is 253 Å². The van der Waals surface area contributed by atoms with Crippen LogP contribution in [0.5, 0.6) is 11.5 Å². The lowest BCUT2D eigenvalue weighted by Gasteiger charge is -2.16. The van der Waals surface area contributed by atoms with E-state index in [4.69, 9.17) is 37.4 Å². The molecular weight excluding hydrogens is 581 g/mol. The van der Waals surface area contributed by atoms with Crippen molar-refractivity contribution < 1.29 is 23.8 Å². The Morgan fingerprint density at radius 2 is 1.79 bits per heavy atom. The monoisotopic (exact) mass is 609 g/mol. The topological polar surface area (TPSA) is 127 Å². The summed E-state index contributed by atoms with van der Waals surface area (Å²) >= 11 is 12.5. The summed E-state index contributed by atoms with van der Waals surface area (Å²) in [6.07, 6.45) is 3.86. The molecule has 3 aromatic carbocycles. The quantitative estimate of drug-likeness (QED) is 0.132. The minimum absolute atomic E-state index is 0.0611. The Bertz CT molecular complexity index is 1480. The second kappa shape index (κ2) is 15.5. The van der Waals surface area contributed by atoms with Gasteiger partial charge in [-0.15, -0.1) is 0 Å². The van der Waals surface area contributed by atoms with E-state index in [2.05, 4.69) is 25.8 Å². The van der Waals surface area contributed by atoms with E-state index in [1.54, 1.807) is 30.5 Å². The van der Waals surface area contributed by atoms with Crippen molar-refractivity contribution in [2.45, 2.75) is 32.6 Å². The summed E-state index contributed by atoms with van der Waals surface area (Å²) in [5, 5.41) is 7.58. The molecule has 10 nitrogen and oxygen atoms in total. The van der Waals surface area contributed by atoms with Crippen LogP contribution in [0, 0.1) is 0 Å². The molecule has 0 radical (unpaired) electrons. The van der Waals surface area contributed by atoms with E-state index in [-0.39, 0.29) is 19.6 Å². The van der Waals surface area contributed by atoms with Crippen LogP contribution in [-0.4, -0.2) is 40.8 Å². The number of alkyl carbamates (subject to hydrolysis) is 1. The predicted molar refractivity (Wildman–Crippen MR) is 160 cm³/mol. The zero-order valence-electron chi connectivity index (χ0n) is 22.7. The first-order valence-electron chi connectivity index (χ1n) is 13.0. The van der Waals surface area contributed by atoms with Crippen LogP contribution in [-0.2, 0) is 29.2 Å². The van der Waals surface area contributed by atoms with Crippen LogP contribution in [0.4, 0.5) is 4.79 Å². The number of halogens is 2. The molecule has 12 heteroatoms. The summed E-state index contributed by atoms with van der Waals surface area (Å²) in [4.78, 5) is 32.3. The van der Waals surface area contributed by atoms with Gasteiger partial charge in [0.15, 0.2) is 11.5 Å². The van der Waals surface area contributed by atoms with E-state index in [1.807, 2.05) is 49.4 Å². The molecule has 0 bridgehead atoms. The van der Waals surface area contributed by atoms with Gasteiger partial charge in [-0.3, -0.25) is 4.79 Å². The van der Waals surface area contributed by atoms with Crippen molar-refractivity contribution in [3.05, 3.63) is 112 Å². The number of rotatable bonds is 13. The van der Waals surface area contributed by atoms with Gasteiger partial charge in [-0.05, 0) is 47.9 Å². The summed E-state index contributed by atoms with van der Waals surface area (Å²) in [5.41, 5.74) is 5.39. The number of amides is 2. The smallest absolute Gasteiger partial charge is 0.408 e. The number of aromatic amines is 1. The number of hydrazone groups is 1. The van der Waals surface area contributed by atoms with Gasteiger partial charge >= 0.3 is 6.09 Å². The third-order valence-corrected chi connectivity index (χ3v) is 6.35. The SMILES string of the molecule is CCOc1cc(/C=N\NC(=O)[C@H](Cc2cnc[nH]2)NC(=O)OCc2ccccc2)cc(Cl)c1OCc1ccc(Cl)cc1. The summed E-state index contributed by atoms with van der Waals surface area (Å²) in [6, 6.07) is 18.8. The number of benzene rings is 3. The molecule has 4 rings (SSSR count). The summed E-state index contributed by atoms with van der Waals surface area (Å²) in [7, 11) is 0. The van der Waals surface area contributed by atoms with Crippen molar-refractivity contribution >= 4 is 41.4 Å². The Kier molecular flexibility index (Phi) is 11.2. The first-order valence-corrected chi connectivity index (χ1v) is 13.8. The molecule has 1 aromatic heterocycles. The van der Waals surface area contributed by atoms with Crippen LogP contribution in [0.2, 0.25) is 10.0 Å². The highest BCUT2D eigenvalue weighted by Crippen LogP contribution is 2.37. The Balaban J connectivity index is 1.40. The summed E-state index contributed by atoms with van der Waals surface area (Å²) < 4.78 is 16.9. The van der Waals surface area contributed by atoms with Crippen molar-refractivity contribution in [2.24, 2.45) is 5.10 Å². The zero-order valence-corrected chi connectivity index (χ0v) is 24.2. The van der Waals surface area contributed by atoms with Crippen molar-refractivity contribution in [2.75, 3.05) is 6.61 Å². The maximum absolute atomic E-state index is 13.0. The Morgan fingerprint density at radius 3 is 2.50 bits per heavy atom. The van der Waals surface area contributed by atoms with Crippen LogP contribution in [0.25, 0.3) is 0 Å². The fourth-order valence-electron chi connectivity index (χ4n) is 3.78. The number of carbonyl (C=O) groups excluding carboxylic acids is 2. The molecule has 1 atom stereocenters. The largest absolute Gasteiger partial charge is 0.490 e. The number of hydrogen-bond donors (Lipinski definition) is 3. The van der Waals surface area contributed by atoms with Crippen LogP contribution in [0.15, 0.2) is 84.4 Å². The lowest BCUT2D eigenvalue weighted by atomic mass is 10.1. The van der Waals surface area contributed by atoms with Crippen LogP contribution in [0.3, 0.4) is 0 Å². The van der Waals surface area contributed by atoms with Crippen LogP contribution >= 0.6 is 23.2 Å².